The lowest BCUT2D eigenvalue weighted by atomic mass is 10.1. The molecule has 1 aromatic carbocycles. The fraction of sp³-hybridized carbons (Fsp3) is 0.190. The van der Waals surface area contributed by atoms with Gasteiger partial charge in [0.2, 0.25) is 5.95 Å². The summed E-state index contributed by atoms with van der Waals surface area (Å²) in [5, 5.41) is 5.25. The molecule has 5 aromatic rings. The molecule has 0 spiro atoms. The molecule has 0 aliphatic heterocycles. The molecule has 0 saturated heterocycles. The van der Waals surface area contributed by atoms with Crippen LogP contribution >= 0.6 is 0 Å². The van der Waals surface area contributed by atoms with E-state index in [-0.39, 0.29) is 5.69 Å². The van der Waals surface area contributed by atoms with Gasteiger partial charge in [0.05, 0.1) is 34.1 Å². The summed E-state index contributed by atoms with van der Waals surface area (Å²) in [6.07, 6.45) is 7.13. The van der Waals surface area contributed by atoms with Gasteiger partial charge in [0.25, 0.3) is 0 Å². The van der Waals surface area contributed by atoms with E-state index in [9.17, 15) is 4.79 Å². The first-order valence-corrected chi connectivity index (χ1v) is 9.46. The molecule has 9 heteroatoms. The van der Waals surface area contributed by atoms with Gasteiger partial charge in [0.1, 0.15) is 0 Å². The summed E-state index contributed by atoms with van der Waals surface area (Å²) in [4.78, 5) is 30.9. The molecule has 9 nitrogen and oxygen atoms in total. The van der Waals surface area contributed by atoms with Gasteiger partial charge in [-0.15, -0.1) is 0 Å². The lowest BCUT2D eigenvalue weighted by Crippen LogP contribution is -2.15. The molecule has 150 valence electrons. The molecule has 0 aliphatic carbocycles. The van der Waals surface area contributed by atoms with Gasteiger partial charge < -0.3 is 9.88 Å². The SMILES string of the molecule is Cc1nn(C)cc1-n1c(=O)[nH]c2cnc3ccc(-c4cnc(N(C)C)nc4)cc3c21. The van der Waals surface area contributed by atoms with Crippen molar-refractivity contribution >= 4 is 27.9 Å². The maximum absolute atomic E-state index is 12.8. The number of hydrogen-bond acceptors (Lipinski definition) is 6. The highest BCUT2D eigenvalue weighted by Crippen LogP contribution is 2.29. The summed E-state index contributed by atoms with van der Waals surface area (Å²) in [5.41, 5.74) is 5.37. The molecular formula is C21H20N8O. The molecular weight excluding hydrogens is 380 g/mol. The number of anilines is 1. The zero-order valence-electron chi connectivity index (χ0n) is 17.1. The number of rotatable bonds is 3. The number of H-pyrrole nitrogens is 1. The molecule has 5 rings (SSSR count). The largest absolute Gasteiger partial charge is 0.347 e. The van der Waals surface area contributed by atoms with E-state index in [0.29, 0.717) is 11.5 Å². The standard InChI is InChI=1S/C21H20N8O/c1-12-18(11-28(4)26-12)29-19-15-7-13(14-8-23-20(24-9-14)27(2)3)5-6-16(15)22-10-17(19)25-21(29)30/h5-11H,1-4H3,(H,25,30). The van der Waals surface area contributed by atoms with Crippen LogP contribution < -0.4 is 10.6 Å². The summed E-state index contributed by atoms with van der Waals surface area (Å²) in [7, 11) is 5.64. The molecule has 0 radical (unpaired) electrons. The zero-order valence-corrected chi connectivity index (χ0v) is 17.1. The van der Waals surface area contributed by atoms with Gasteiger partial charge in [-0.05, 0) is 24.6 Å². The number of nitrogens with zero attached hydrogens (tertiary/aromatic N) is 7. The Hall–Kier alpha value is -4.01. The number of hydrogen-bond donors (Lipinski definition) is 1. The smallest absolute Gasteiger partial charge is 0.331 e. The number of aromatic nitrogens is 7. The molecule has 0 unspecified atom stereocenters. The van der Waals surface area contributed by atoms with E-state index in [1.807, 2.05) is 57.4 Å². The lowest BCUT2D eigenvalue weighted by Gasteiger charge is -2.10. The molecule has 0 atom stereocenters. The normalized spacial score (nSPS) is 11.5. The minimum atomic E-state index is -0.223. The summed E-state index contributed by atoms with van der Waals surface area (Å²) < 4.78 is 3.37. The summed E-state index contributed by atoms with van der Waals surface area (Å²) in [6.45, 7) is 1.89. The minimum Gasteiger partial charge on any atom is -0.347 e. The Balaban J connectivity index is 1.77. The van der Waals surface area contributed by atoms with Crippen LogP contribution in [0.15, 0.2) is 47.8 Å². The molecule has 0 aliphatic rings. The number of pyridine rings is 1. The number of imidazole rings is 1. The van der Waals surface area contributed by atoms with Crippen molar-refractivity contribution in [3.05, 3.63) is 59.2 Å². The van der Waals surface area contributed by atoms with Gasteiger partial charge in [-0.25, -0.2) is 14.8 Å². The van der Waals surface area contributed by atoms with Gasteiger partial charge in [0, 0.05) is 50.7 Å². The number of aryl methyl sites for hydroxylation is 2. The molecule has 0 saturated carbocycles. The van der Waals surface area contributed by atoms with Crippen LogP contribution in [0, 0.1) is 6.92 Å². The Morgan fingerprint density at radius 3 is 2.47 bits per heavy atom. The maximum Gasteiger partial charge on any atom is 0.331 e. The fourth-order valence-electron chi connectivity index (χ4n) is 3.70. The van der Waals surface area contributed by atoms with E-state index in [1.165, 1.54) is 0 Å². The molecule has 0 fully saturated rings. The van der Waals surface area contributed by atoms with E-state index in [4.69, 9.17) is 0 Å². The first kappa shape index (κ1) is 18.0. The van der Waals surface area contributed by atoms with Crippen molar-refractivity contribution in [1.29, 1.82) is 0 Å². The Morgan fingerprint density at radius 1 is 1.03 bits per heavy atom. The summed E-state index contributed by atoms with van der Waals surface area (Å²) in [5.74, 6) is 0.648. The van der Waals surface area contributed by atoms with Crippen molar-refractivity contribution in [3.63, 3.8) is 0 Å². The average molecular weight is 400 g/mol. The third-order valence-electron chi connectivity index (χ3n) is 5.11. The number of nitrogens with one attached hydrogen (secondary N) is 1. The number of benzene rings is 1. The highest BCUT2D eigenvalue weighted by Gasteiger charge is 2.17. The second kappa shape index (κ2) is 6.51. The highest BCUT2D eigenvalue weighted by atomic mass is 16.1. The third-order valence-corrected chi connectivity index (χ3v) is 5.11. The minimum absolute atomic E-state index is 0.223. The quantitative estimate of drug-likeness (QED) is 0.500. The van der Waals surface area contributed by atoms with Crippen LogP contribution in [0.4, 0.5) is 5.95 Å². The fourth-order valence-corrected chi connectivity index (χ4v) is 3.70. The maximum atomic E-state index is 12.8. The Kier molecular flexibility index (Phi) is 3.92. The van der Waals surface area contributed by atoms with E-state index >= 15 is 0 Å². The van der Waals surface area contributed by atoms with Crippen molar-refractivity contribution in [2.45, 2.75) is 6.92 Å². The van der Waals surface area contributed by atoms with Crippen molar-refractivity contribution in [1.82, 2.24) is 34.3 Å². The van der Waals surface area contributed by atoms with Gasteiger partial charge in [-0.1, -0.05) is 6.07 Å². The zero-order chi connectivity index (χ0) is 21.0. The Labute approximate surface area is 171 Å². The van der Waals surface area contributed by atoms with Crippen molar-refractivity contribution < 1.29 is 0 Å². The van der Waals surface area contributed by atoms with Crippen LogP contribution in [-0.4, -0.2) is 48.4 Å². The van der Waals surface area contributed by atoms with E-state index in [2.05, 4.69) is 25.0 Å². The van der Waals surface area contributed by atoms with Crippen LogP contribution in [0.1, 0.15) is 5.69 Å². The second-order valence-electron chi connectivity index (χ2n) is 7.46. The van der Waals surface area contributed by atoms with Crippen molar-refractivity contribution in [2.24, 2.45) is 7.05 Å². The van der Waals surface area contributed by atoms with E-state index in [0.717, 1.165) is 38.9 Å². The molecule has 4 aromatic heterocycles. The van der Waals surface area contributed by atoms with Gasteiger partial charge >= 0.3 is 5.69 Å². The monoisotopic (exact) mass is 400 g/mol. The predicted octanol–water partition coefficient (Wildman–Crippen LogP) is 2.43. The van der Waals surface area contributed by atoms with Crippen LogP contribution in [-0.2, 0) is 7.05 Å². The second-order valence-corrected chi connectivity index (χ2v) is 7.46. The van der Waals surface area contributed by atoms with Crippen LogP contribution in [0.25, 0.3) is 38.8 Å². The summed E-state index contributed by atoms with van der Waals surface area (Å²) in [6, 6.07) is 5.95. The van der Waals surface area contributed by atoms with Gasteiger partial charge in [-0.3, -0.25) is 14.2 Å². The Morgan fingerprint density at radius 2 is 1.80 bits per heavy atom. The van der Waals surface area contributed by atoms with E-state index < -0.39 is 0 Å². The molecule has 30 heavy (non-hydrogen) atoms. The molecule has 0 bridgehead atoms. The Bertz CT molecular complexity index is 1460. The molecule has 0 amide bonds. The third kappa shape index (κ3) is 2.74. The number of aromatic amines is 1. The van der Waals surface area contributed by atoms with Crippen LogP contribution in [0.2, 0.25) is 0 Å². The first-order valence-electron chi connectivity index (χ1n) is 9.46. The predicted molar refractivity (Wildman–Crippen MR) is 116 cm³/mol. The summed E-state index contributed by atoms with van der Waals surface area (Å²) >= 11 is 0. The van der Waals surface area contributed by atoms with Crippen molar-refractivity contribution in [3.8, 4) is 16.8 Å². The highest BCUT2D eigenvalue weighted by molar-refractivity contribution is 6.04. The number of fused-ring (bicyclic) bond motifs is 3. The van der Waals surface area contributed by atoms with Gasteiger partial charge in [-0.2, -0.15) is 5.10 Å². The first-order chi connectivity index (χ1) is 14.4. The average Bonchev–Trinajstić information content (AvgIpc) is 3.24. The lowest BCUT2D eigenvalue weighted by molar-refractivity contribution is 0.756. The van der Waals surface area contributed by atoms with Crippen LogP contribution in [0.3, 0.4) is 0 Å². The van der Waals surface area contributed by atoms with Gasteiger partial charge in [0.15, 0.2) is 0 Å². The molecule has 1 N–H and O–H groups in total. The molecule has 4 heterocycles. The van der Waals surface area contributed by atoms with Crippen molar-refractivity contribution in [2.75, 3.05) is 19.0 Å². The van der Waals surface area contributed by atoms with Crippen LogP contribution in [0.5, 0.6) is 0 Å². The van der Waals surface area contributed by atoms with E-state index in [1.54, 1.807) is 27.8 Å². The topological polar surface area (TPSA) is 97.5 Å².